The van der Waals surface area contributed by atoms with Crippen molar-refractivity contribution < 1.29 is 14.7 Å². The normalized spacial score (nSPS) is 21.0. The van der Waals surface area contributed by atoms with E-state index in [9.17, 15) is 9.59 Å². The van der Waals surface area contributed by atoms with E-state index in [0.29, 0.717) is 30.1 Å². The number of aromatic nitrogens is 1. The zero-order valence-corrected chi connectivity index (χ0v) is 12.5. The molecule has 2 rings (SSSR count). The largest absolute Gasteiger partial charge is 0.481 e. The van der Waals surface area contributed by atoms with E-state index < -0.39 is 5.97 Å². The first-order valence-electron chi connectivity index (χ1n) is 6.80. The number of carboxylic acid groups (broad SMARTS) is 1. The number of halogens is 1. The van der Waals surface area contributed by atoms with Gasteiger partial charge in [-0.1, -0.05) is 11.6 Å². The van der Waals surface area contributed by atoms with Gasteiger partial charge in [0.2, 0.25) is 5.91 Å². The average molecular weight is 312 g/mol. The van der Waals surface area contributed by atoms with Crippen LogP contribution in [-0.4, -0.2) is 41.6 Å². The number of pyridine rings is 1. The molecule has 1 amide bonds. The molecule has 1 saturated carbocycles. The molecule has 1 aliphatic carbocycles. The number of anilines is 1. The van der Waals surface area contributed by atoms with Crippen LogP contribution in [0.1, 0.15) is 19.3 Å². The highest BCUT2D eigenvalue weighted by Gasteiger charge is 2.30. The fourth-order valence-corrected chi connectivity index (χ4v) is 2.61. The molecule has 0 aromatic carbocycles. The summed E-state index contributed by atoms with van der Waals surface area (Å²) in [6.07, 6.45) is 3.37. The molecule has 0 bridgehead atoms. The average Bonchev–Trinajstić information content (AvgIpc) is 2.87. The summed E-state index contributed by atoms with van der Waals surface area (Å²) in [5, 5.41) is 12.4. The van der Waals surface area contributed by atoms with Crippen LogP contribution in [0.4, 0.5) is 5.82 Å². The third-order valence-electron chi connectivity index (χ3n) is 3.63. The minimum Gasteiger partial charge on any atom is -0.481 e. The molecule has 7 heteroatoms. The molecule has 0 unspecified atom stereocenters. The van der Waals surface area contributed by atoms with Crippen molar-refractivity contribution >= 4 is 29.3 Å². The van der Waals surface area contributed by atoms with E-state index in [4.69, 9.17) is 16.7 Å². The number of rotatable bonds is 5. The van der Waals surface area contributed by atoms with E-state index in [0.717, 1.165) is 0 Å². The lowest BCUT2D eigenvalue weighted by molar-refractivity contribution is -0.141. The Morgan fingerprint density at radius 3 is 2.81 bits per heavy atom. The lowest BCUT2D eigenvalue weighted by atomic mass is 10.1. The highest BCUT2D eigenvalue weighted by Crippen LogP contribution is 2.25. The predicted molar refractivity (Wildman–Crippen MR) is 79.4 cm³/mol. The molecule has 114 valence electrons. The number of aliphatic carboxylic acids is 1. The van der Waals surface area contributed by atoms with Crippen molar-refractivity contribution in [1.82, 2.24) is 10.3 Å². The van der Waals surface area contributed by atoms with Gasteiger partial charge in [-0.25, -0.2) is 4.98 Å². The SMILES string of the molecule is CN(CC(=O)N[C@H]1CC[C@@H](C(=O)O)C1)c1ccc(Cl)cn1. The lowest BCUT2D eigenvalue weighted by Crippen LogP contribution is -2.40. The number of carbonyl (C=O) groups excluding carboxylic acids is 1. The molecule has 6 nitrogen and oxygen atoms in total. The first-order chi connectivity index (χ1) is 9.95. The molecule has 0 spiro atoms. The van der Waals surface area contributed by atoms with Gasteiger partial charge in [0.05, 0.1) is 17.5 Å². The summed E-state index contributed by atoms with van der Waals surface area (Å²) >= 11 is 5.77. The topological polar surface area (TPSA) is 82.5 Å². The molecule has 0 saturated heterocycles. The summed E-state index contributed by atoms with van der Waals surface area (Å²) in [5.41, 5.74) is 0. The molecule has 21 heavy (non-hydrogen) atoms. The molecule has 1 fully saturated rings. The number of carboxylic acids is 1. The van der Waals surface area contributed by atoms with Crippen molar-refractivity contribution in [1.29, 1.82) is 0 Å². The van der Waals surface area contributed by atoms with Gasteiger partial charge in [0.1, 0.15) is 5.82 Å². The zero-order valence-electron chi connectivity index (χ0n) is 11.8. The molecule has 0 radical (unpaired) electrons. The van der Waals surface area contributed by atoms with Gasteiger partial charge in [-0.15, -0.1) is 0 Å². The van der Waals surface area contributed by atoms with Gasteiger partial charge in [0.25, 0.3) is 0 Å². The van der Waals surface area contributed by atoms with Crippen molar-refractivity contribution in [3.05, 3.63) is 23.4 Å². The smallest absolute Gasteiger partial charge is 0.306 e. The minimum atomic E-state index is -0.783. The Hall–Kier alpha value is -1.82. The van der Waals surface area contributed by atoms with E-state index in [2.05, 4.69) is 10.3 Å². The third kappa shape index (κ3) is 4.32. The summed E-state index contributed by atoms with van der Waals surface area (Å²) in [4.78, 5) is 28.7. The Labute approximate surface area is 128 Å². The molecule has 2 atom stereocenters. The maximum absolute atomic E-state index is 12.0. The molecular weight excluding hydrogens is 294 g/mol. The van der Waals surface area contributed by atoms with E-state index in [-0.39, 0.29) is 24.4 Å². The van der Waals surface area contributed by atoms with Crippen LogP contribution >= 0.6 is 11.6 Å². The Morgan fingerprint density at radius 1 is 1.48 bits per heavy atom. The van der Waals surface area contributed by atoms with Crippen molar-refractivity contribution in [2.45, 2.75) is 25.3 Å². The van der Waals surface area contributed by atoms with Crippen molar-refractivity contribution in [3.8, 4) is 0 Å². The molecule has 1 aliphatic rings. The van der Waals surface area contributed by atoms with Crippen LogP contribution in [0.3, 0.4) is 0 Å². The van der Waals surface area contributed by atoms with Crippen LogP contribution in [0.2, 0.25) is 5.02 Å². The van der Waals surface area contributed by atoms with Crippen LogP contribution in [0, 0.1) is 5.92 Å². The van der Waals surface area contributed by atoms with Crippen LogP contribution in [0.15, 0.2) is 18.3 Å². The highest BCUT2D eigenvalue weighted by molar-refractivity contribution is 6.30. The van der Waals surface area contributed by atoms with Gasteiger partial charge in [0, 0.05) is 19.3 Å². The molecule has 2 N–H and O–H groups in total. The number of hydrogen-bond acceptors (Lipinski definition) is 4. The number of nitrogens with one attached hydrogen (secondary N) is 1. The van der Waals surface area contributed by atoms with Gasteiger partial charge in [-0.2, -0.15) is 0 Å². The van der Waals surface area contributed by atoms with Crippen molar-refractivity contribution in [2.75, 3.05) is 18.5 Å². The first-order valence-corrected chi connectivity index (χ1v) is 7.18. The van der Waals surface area contributed by atoms with E-state index in [1.54, 1.807) is 24.1 Å². The van der Waals surface area contributed by atoms with E-state index in [1.807, 2.05) is 0 Å². The maximum Gasteiger partial charge on any atom is 0.306 e. The lowest BCUT2D eigenvalue weighted by Gasteiger charge is -2.19. The first kappa shape index (κ1) is 15.6. The fourth-order valence-electron chi connectivity index (χ4n) is 2.50. The molecule has 1 heterocycles. The van der Waals surface area contributed by atoms with Gasteiger partial charge < -0.3 is 15.3 Å². The van der Waals surface area contributed by atoms with Gasteiger partial charge in [0.15, 0.2) is 0 Å². The highest BCUT2D eigenvalue weighted by atomic mass is 35.5. The quantitative estimate of drug-likeness (QED) is 0.862. The monoisotopic (exact) mass is 311 g/mol. The standard InChI is InChI=1S/C14H18ClN3O3/c1-18(12-5-3-10(15)7-16-12)8-13(19)17-11-4-2-9(6-11)14(20)21/h3,5,7,9,11H,2,4,6,8H2,1H3,(H,17,19)(H,20,21)/t9-,11+/m1/s1. The predicted octanol–water partition coefficient (Wildman–Crippen LogP) is 1.54. The summed E-state index contributed by atoms with van der Waals surface area (Å²) in [6.45, 7) is 0.170. The summed E-state index contributed by atoms with van der Waals surface area (Å²) in [6, 6.07) is 3.41. The second-order valence-corrected chi connectivity index (χ2v) is 5.74. The number of carbonyl (C=O) groups is 2. The zero-order chi connectivity index (χ0) is 15.4. The number of likely N-dealkylation sites (N-methyl/N-ethyl adjacent to an activating group) is 1. The second-order valence-electron chi connectivity index (χ2n) is 5.30. The van der Waals surface area contributed by atoms with E-state index >= 15 is 0 Å². The maximum atomic E-state index is 12.0. The molecule has 0 aliphatic heterocycles. The third-order valence-corrected chi connectivity index (χ3v) is 3.85. The second kappa shape index (κ2) is 6.76. The van der Waals surface area contributed by atoms with Crippen LogP contribution in [0.25, 0.3) is 0 Å². The van der Waals surface area contributed by atoms with Crippen molar-refractivity contribution in [3.63, 3.8) is 0 Å². The van der Waals surface area contributed by atoms with Crippen LogP contribution < -0.4 is 10.2 Å². The summed E-state index contributed by atoms with van der Waals surface area (Å²) in [7, 11) is 1.77. The summed E-state index contributed by atoms with van der Waals surface area (Å²) < 4.78 is 0. The number of amides is 1. The summed E-state index contributed by atoms with van der Waals surface area (Å²) in [5.74, 6) is -0.602. The molecule has 1 aromatic rings. The fraction of sp³-hybridized carbons (Fsp3) is 0.500. The van der Waals surface area contributed by atoms with Gasteiger partial charge in [-0.05, 0) is 31.4 Å². The van der Waals surface area contributed by atoms with Gasteiger partial charge >= 0.3 is 5.97 Å². The number of nitrogens with zero attached hydrogens (tertiary/aromatic N) is 2. The van der Waals surface area contributed by atoms with Crippen LogP contribution in [-0.2, 0) is 9.59 Å². The van der Waals surface area contributed by atoms with E-state index in [1.165, 1.54) is 6.20 Å². The Balaban J connectivity index is 1.82. The van der Waals surface area contributed by atoms with Crippen LogP contribution in [0.5, 0.6) is 0 Å². The Bertz CT molecular complexity index is 521. The van der Waals surface area contributed by atoms with Crippen molar-refractivity contribution in [2.24, 2.45) is 5.92 Å². The van der Waals surface area contributed by atoms with Gasteiger partial charge in [-0.3, -0.25) is 9.59 Å². The molecule has 1 aromatic heterocycles. The molecular formula is C14H18ClN3O3. The minimum absolute atomic E-state index is 0.0508. The Morgan fingerprint density at radius 2 is 2.24 bits per heavy atom. The number of hydrogen-bond donors (Lipinski definition) is 2. The Kier molecular flexibility index (Phi) is 5.01.